The Labute approximate surface area is 114 Å². The summed E-state index contributed by atoms with van der Waals surface area (Å²) in [6.45, 7) is 0. The molecule has 0 unspecified atom stereocenters. The molecule has 0 saturated carbocycles. The minimum Gasteiger partial charge on any atom is -0.397 e. The lowest BCUT2D eigenvalue weighted by atomic mass is 10.3. The summed E-state index contributed by atoms with van der Waals surface area (Å²) in [5.74, 6) is 0. The molecule has 5 heteroatoms. The number of hydrogen-bond acceptors (Lipinski definition) is 3. The summed E-state index contributed by atoms with van der Waals surface area (Å²) in [6, 6.07) is 11.0. The monoisotopic (exact) mass is 284 g/mol. The van der Waals surface area contributed by atoms with Crippen LogP contribution in [0.1, 0.15) is 0 Å². The van der Waals surface area contributed by atoms with Gasteiger partial charge in [-0.05, 0) is 36.4 Å². The highest BCUT2D eigenvalue weighted by molar-refractivity contribution is 7.99. The molecule has 0 spiro atoms. The van der Waals surface area contributed by atoms with Crippen LogP contribution < -0.4 is 11.5 Å². The van der Waals surface area contributed by atoms with E-state index >= 15 is 0 Å². The summed E-state index contributed by atoms with van der Waals surface area (Å²) in [6.07, 6.45) is 0. The molecule has 0 aromatic heterocycles. The fourth-order valence-corrected chi connectivity index (χ4v) is 2.46. The van der Waals surface area contributed by atoms with E-state index in [4.69, 9.17) is 34.7 Å². The maximum Gasteiger partial charge on any atom is 0.0636 e. The topological polar surface area (TPSA) is 52.0 Å². The van der Waals surface area contributed by atoms with Gasteiger partial charge in [-0.2, -0.15) is 0 Å². The van der Waals surface area contributed by atoms with Crippen LogP contribution in [0.4, 0.5) is 11.4 Å². The SMILES string of the molecule is Nc1cc(Sc2ccc(Cl)c(N)c2)ccc1Cl. The molecule has 0 saturated heterocycles. The second-order valence-corrected chi connectivity index (χ2v) is 5.43. The third-order valence-electron chi connectivity index (χ3n) is 2.17. The molecule has 2 nitrogen and oxygen atoms in total. The summed E-state index contributed by atoms with van der Waals surface area (Å²) < 4.78 is 0. The lowest BCUT2D eigenvalue weighted by molar-refractivity contribution is 1.41. The van der Waals surface area contributed by atoms with E-state index in [1.54, 1.807) is 23.9 Å². The van der Waals surface area contributed by atoms with Gasteiger partial charge in [0.15, 0.2) is 0 Å². The standard InChI is InChI=1S/C12H10Cl2N2S/c13-9-3-1-7(5-11(9)15)17-8-2-4-10(14)12(16)6-8/h1-6H,15-16H2. The number of nitrogens with two attached hydrogens (primary N) is 2. The summed E-state index contributed by atoms with van der Waals surface area (Å²) in [5, 5.41) is 1.12. The molecule has 0 amide bonds. The molecule has 0 aliphatic carbocycles. The molecule has 0 atom stereocenters. The Bertz CT molecular complexity index is 509. The van der Waals surface area contributed by atoms with Gasteiger partial charge in [-0.3, -0.25) is 0 Å². The number of halogens is 2. The molecule has 0 bridgehead atoms. The quantitative estimate of drug-likeness (QED) is 0.808. The largest absolute Gasteiger partial charge is 0.397 e. The van der Waals surface area contributed by atoms with Gasteiger partial charge in [0.1, 0.15) is 0 Å². The van der Waals surface area contributed by atoms with Gasteiger partial charge in [0, 0.05) is 9.79 Å². The Hall–Kier alpha value is -1.03. The molecular formula is C12H10Cl2N2S. The summed E-state index contributed by atoms with van der Waals surface area (Å²) in [5.41, 5.74) is 12.6. The van der Waals surface area contributed by atoms with Gasteiger partial charge < -0.3 is 11.5 Å². The van der Waals surface area contributed by atoms with Crippen molar-refractivity contribution in [1.82, 2.24) is 0 Å². The van der Waals surface area contributed by atoms with E-state index in [0.29, 0.717) is 21.4 Å². The second kappa shape index (κ2) is 5.08. The first-order valence-corrected chi connectivity index (χ1v) is 6.41. The third-order valence-corrected chi connectivity index (χ3v) is 3.84. The molecule has 17 heavy (non-hydrogen) atoms. The van der Waals surface area contributed by atoms with E-state index in [1.165, 1.54) is 0 Å². The van der Waals surface area contributed by atoms with Crippen LogP contribution in [0.15, 0.2) is 46.2 Å². The van der Waals surface area contributed by atoms with Crippen molar-refractivity contribution in [2.24, 2.45) is 0 Å². The van der Waals surface area contributed by atoms with Crippen LogP contribution in [-0.2, 0) is 0 Å². The lowest BCUT2D eigenvalue weighted by Gasteiger charge is -2.05. The molecule has 4 N–H and O–H groups in total. The number of rotatable bonds is 2. The number of benzene rings is 2. The normalized spacial score (nSPS) is 10.5. The Balaban J connectivity index is 2.25. The van der Waals surface area contributed by atoms with E-state index in [2.05, 4.69) is 0 Å². The molecular weight excluding hydrogens is 275 g/mol. The molecule has 2 aromatic carbocycles. The van der Waals surface area contributed by atoms with Gasteiger partial charge in [-0.25, -0.2) is 0 Å². The van der Waals surface area contributed by atoms with Crippen molar-refractivity contribution < 1.29 is 0 Å². The van der Waals surface area contributed by atoms with Gasteiger partial charge in [0.25, 0.3) is 0 Å². The Kier molecular flexibility index (Phi) is 3.72. The Morgan fingerprint density at radius 2 is 1.18 bits per heavy atom. The van der Waals surface area contributed by atoms with Crippen molar-refractivity contribution in [3.05, 3.63) is 46.4 Å². The van der Waals surface area contributed by atoms with E-state index in [0.717, 1.165) is 9.79 Å². The van der Waals surface area contributed by atoms with E-state index in [1.807, 2.05) is 24.3 Å². The van der Waals surface area contributed by atoms with Gasteiger partial charge in [0.05, 0.1) is 21.4 Å². The number of nitrogen functional groups attached to an aromatic ring is 2. The van der Waals surface area contributed by atoms with Crippen molar-refractivity contribution in [3.63, 3.8) is 0 Å². The maximum absolute atomic E-state index is 5.86. The highest BCUT2D eigenvalue weighted by atomic mass is 35.5. The van der Waals surface area contributed by atoms with Crippen LogP contribution >= 0.6 is 35.0 Å². The van der Waals surface area contributed by atoms with E-state index in [9.17, 15) is 0 Å². The smallest absolute Gasteiger partial charge is 0.0636 e. The van der Waals surface area contributed by atoms with Crippen LogP contribution in [0.5, 0.6) is 0 Å². The predicted molar refractivity (Wildman–Crippen MR) is 75.9 cm³/mol. The van der Waals surface area contributed by atoms with Crippen LogP contribution in [0, 0.1) is 0 Å². The molecule has 88 valence electrons. The number of hydrogen-bond donors (Lipinski definition) is 2. The fraction of sp³-hybridized carbons (Fsp3) is 0. The predicted octanol–water partition coefficient (Wildman–Crippen LogP) is 4.31. The minimum atomic E-state index is 0.560. The van der Waals surface area contributed by atoms with Crippen molar-refractivity contribution in [2.45, 2.75) is 9.79 Å². The molecule has 0 aliphatic heterocycles. The zero-order valence-corrected chi connectivity index (χ0v) is 11.1. The summed E-state index contributed by atoms with van der Waals surface area (Å²) in [7, 11) is 0. The van der Waals surface area contributed by atoms with Gasteiger partial charge >= 0.3 is 0 Å². The molecule has 0 heterocycles. The summed E-state index contributed by atoms with van der Waals surface area (Å²) in [4.78, 5) is 2.02. The minimum absolute atomic E-state index is 0.560. The van der Waals surface area contributed by atoms with Gasteiger partial charge in [-0.1, -0.05) is 35.0 Å². The Morgan fingerprint density at radius 1 is 0.765 bits per heavy atom. The average molecular weight is 285 g/mol. The molecule has 0 radical (unpaired) electrons. The highest BCUT2D eigenvalue weighted by Gasteiger charge is 2.03. The number of anilines is 2. The first-order chi connectivity index (χ1) is 8.06. The zero-order chi connectivity index (χ0) is 12.4. The second-order valence-electron chi connectivity index (χ2n) is 3.47. The molecule has 0 fully saturated rings. The van der Waals surface area contributed by atoms with Crippen molar-refractivity contribution in [2.75, 3.05) is 11.5 Å². The van der Waals surface area contributed by atoms with Crippen LogP contribution in [0.2, 0.25) is 10.0 Å². The van der Waals surface area contributed by atoms with Crippen LogP contribution in [0.3, 0.4) is 0 Å². The summed E-state index contributed by atoms with van der Waals surface area (Å²) >= 11 is 13.3. The van der Waals surface area contributed by atoms with Crippen molar-refractivity contribution in [1.29, 1.82) is 0 Å². The third kappa shape index (κ3) is 3.00. The maximum atomic E-state index is 5.86. The van der Waals surface area contributed by atoms with Gasteiger partial charge in [-0.15, -0.1) is 0 Å². The van der Waals surface area contributed by atoms with E-state index < -0.39 is 0 Å². The van der Waals surface area contributed by atoms with Crippen molar-refractivity contribution in [3.8, 4) is 0 Å². The first-order valence-electron chi connectivity index (χ1n) is 4.84. The average Bonchev–Trinajstić information content (AvgIpc) is 2.29. The lowest BCUT2D eigenvalue weighted by Crippen LogP contribution is -1.87. The fourth-order valence-electron chi connectivity index (χ4n) is 1.31. The molecule has 2 aromatic rings. The first kappa shape index (κ1) is 12.4. The van der Waals surface area contributed by atoms with Crippen molar-refractivity contribution >= 4 is 46.3 Å². The van der Waals surface area contributed by atoms with E-state index in [-0.39, 0.29) is 0 Å². The molecule has 2 rings (SSSR count). The Morgan fingerprint density at radius 3 is 1.53 bits per heavy atom. The molecule has 0 aliphatic rings. The highest BCUT2D eigenvalue weighted by Crippen LogP contribution is 2.33. The van der Waals surface area contributed by atoms with Crippen LogP contribution in [-0.4, -0.2) is 0 Å². The zero-order valence-electron chi connectivity index (χ0n) is 8.78. The van der Waals surface area contributed by atoms with Crippen LogP contribution in [0.25, 0.3) is 0 Å². The van der Waals surface area contributed by atoms with Gasteiger partial charge in [0.2, 0.25) is 0 Å².